The van der Waals surface area contributed by atoms with Crippen LogP contribution in [0, 0.1) is 16.0 Å². The maximum absolute atomic E-state index is 11.4. The van der Waals surface area contributed by atoms with Gasteiger partial charge in [0.25, 0.3) is 5.70 Å². The van der Waals surface area contributed by atoms with E-state index in [-0.39, 0.29) is 16.9 Å². The topological polar surface area (TPSA) is 64.4 Å². The Kier molecular flexibility index (Phi) is 6.35. The van der Waals surface area contributed by atoms with Crippen LogP contribution >= 0.6 is 0 Å². The van der Waals surface area contributed by atoms with E-state index in [0.717, 1.165) is 30.5 Å². The van der Waals surface area contributed by atoms with Gasteiger partial charge in [-0.2, -0.15) is 0 Å². The monoisotopic (exact) mass is 316 g/mol. The number of nitro groups is 1. The number of ether oxygens (including phenoxy) is 1. The minimum atomic E-state index is -0.244. The molecule has 0 bridgehead atoms. The molecule has 1 aliphatic rings. The predicted octanol–water partition coefficient (Wildman–Crippen LogP) is 3.83. The Morgan fingerprint density at radius 1 is 1.48 bits per heavy atom. The highest BCUT2D eigenvalue weighted by Gasteiger charge is 2.31. The lowest BCUT2D eigenvalue weighted by Gasteiger charge is -2.29. The van der Waals surface area contributed by atoms with E-state index >= 15 is 0 Å². The fraction of sp³-hybridized carbons (Fsp3) is 0.444. The van der Waals surface area contributed by atoms with Gasteiger partial charge in [0.15, 0.2) is 0 Å². The Labute approximate surface area is 137 Å². The summed E-state index contributed by atoms with van der Waals surface area (Å²) >= 11 is 0. The zero-order valence-corrected chi connectivity index (χ0v) is 13.5. The molecule has 1 aromatic carbocycles. The third-order valence-electron chi connectivity index (χ3n) is 4.22. The van der Waals surface area contributed by atoms with Crippen molar-refractivity contribution >= 4 is 0 Å². The largest absolute Gasteiger partial charge is 0.382 e. The summed E-state index contributed by atoms with van der Waals surface area (Å²) in [6.45, 7) is 4.25. The van der Waals surface area contributed by atoms with Crippen molar-refractivity contribution in [2.24, 2.45) is 5.92 Å². The Hall–Kier alpha value is -2.14. The number of nitrogens with one attached hydrogen (secondary N) is 1. The van der Waals surface area contributed by atoms with Crippen molar-refractivity contribution in [3.05, 3.63) is 70.1 Å². The third kappa shape index (κ3) is 4.42. The lowest BCUT2D eigenvalue weighted by atomic mass is 9.87. The van der Waals surface area contributed by atoms with E-state index in [2.05, 4.69) is 11.9 Å². The zero-order chi connectivity index (χ0) is 16.7. The molecule has 5 heteroatoms. The molecule has 23 heavy (non-hydrogen) atoms. The van der Waals surface area contributed by atoms with Gasteiger partial charge in [-0.25, -0.2) is 0 Å². The summed E-state index contributed by atoms with van der Waals surface area (Å²) in [5.74, 6) is 0.129. The molecule has 0 radical (unpaired) electrons. The van der Waals surface area contributed by atoms with Gasteiger partial charge in [0.1, 0.15) is 0 Å². The van der Waals surface area contributed by atoms with Gasteiger partial charge in [-0.15, -0.1) is 6.58 Å². The second-order valence-corrected chi connectivity index (χ2v) is 5.79. The second-order valence-electron chi connectivity index (χ2n) is 5.79. The van der Waals surface area contributed by atoms with Crippen LogP contribution in [0.1, 0.15) is 37.3 Å². The first-order valence-corrected chi connectivity index (χ1v) is 7.96. The summed E-state index contributed by atoms with van der Waals surface area (Å²) in [5, 5.41) is 14.8. The van der Waals surface area contributed by atoms with Crippen LogP contribution in [0.2, 0.25) is 0 Å². The van der Waals surface area contributed by atoms with Crippen molar-refractivity contribution in [1.82, 2.24) is 5.32 Å². The SMILES string of the molecule is C=CC[C@H]1CCCC([N+](=O)[O-])=C1N[C@H](COC)c1ccccc1. The molecule has 0 aromatic heterocycles. The molecule has 0 fully saturated rings. The van der Waals surface area contributed by atoms with Crippen molar-refractivity contribution in [3.63, 3.8) is 0 Å². The quantitative estimate of drug-likeness (QED) is 0.450. The molecule has 1 aliphatic carbocycles. The van der Waals surface area contributed by atoms with Crippen LogP contribution in [0.15, 0.2) is 54.4 Å². The molecule has 0 saturated carbocycles. The lowest BCUT2D eigenvalue weighted by Crippen LogP contribution is -2.32. The van der Waals surface area contributed by atoms with Crippen LogP contribution < -0.4 is 5.32 Å². The average Bonchev–Trinajstić information content (AvgIpc) is 2.56. The van der Waals surface area contributed by atoms with Crippen molar-refractivity contribution in [1.29, 1.82) is 0 Å². The number of allylic oxidation sites excluding steroid dienone is 3. The molecule has 0 unspecified atom stereocenters. The summed E-state index contributed by atoms with van der Waals surface area (Å²) in [4.78, 5) is 11.2. The molecule has 0 aliphatic heterocycles. The van der Waals surface area contributed by atoms with E-state index < -0.39 is 0 Å². The Bertz CT molecular complexity index is 569. The van der Waals surface area contributed by atoms with Crippen molar-refractivity contribution in [2.45, 2.75) is 31.7 Å². The van der Waals surface area contributed by atoms with E-state index in [4.69, 9.17) is 4.74 Å². The summed E-state index contributed by atoms with van der Waals surface area (Å²) in [5.41, 5.74) is 2.11. The van der Waals surface area contributed by atoms with E-state index in [1.165, 1.54) is 0 Å². The van der Waals surface area contributed by atoms with Gasteiger partial charge in [-0.1, -0.05) is 36.4 Å². The predicted molar refractivity (Wildman–Crippen MR) is 90.4 cm³/mol. The van der Waals surface area contributed by atoms with Gasteiger partial charge in [0, 0.05) is 19.4 Å². The number of benzene rings is 1. The van der Waals surface area contributed by atoms with Crippen LogP contribution in [0.25, 0.3) is 0 Å². The van der Waals surface area contributed by atoms with Gasteiger partial charge >= 0.3 is 0 Å². The van der Waals surface area contributed by atoms with Crippen LogP contribution in [-0.2, 0) is 4.74 Å². The van der Waals surface area contributed by atoms with Gasteiger partial charge in [0.05, 0.1) is 23.3 Å². The minimum Gasteiger partial charge on any atom is -0.382 e. The summed E-state index contributed by atoms with van der Waals surface area (Å²) in [6.07, 6.45) is 4.88. The van der Waals surface area contributed by atoms with Crippen LogP contribution in [0.4, 0.5) is 0 Å². The maximum Gasteiger partial charge on any atom is 0.265 e. The normalized spacial score (nSPS) is 19.3. The van der Waals surface area contributed by atoms with Gasteiger partial charge in [-0.05, 0) is 24.8 Å². The number of hydrogen-bond donors (Lipinski definition) is 1. The van der Waals surface area contributed by atoms with Crippen LogP contribution in [0.3, 0.4) is 0 Å². The molecule has 2 atom stereocenters. The van der Waals surface area contributed by atoms with Gasteiger partial charge in [0.2, 0.25) is 0 Å². The summed E-state index contributed by atoms with van der Waals surface area (Å²) in [6, 6.07) is 9.80. The molecule has 0 heterocycles. The molecular formula is C18H24N2O3. The molecule has 0 spiro atoms. The minimum absolute atomic E-state index is 0.100. The third-order valence-corrected chi connectivity index (χ3v) is 4.22. The molecule has 5 nitrogen and oxygen atoms in total. The zero-order valence-electron chi connectivity index (χ0n) is 13.5. The molecule has 0 amide bonds. The molecule has 0 saturated heterocycles. The number of methoxy groups -OCH3 is 1. The lowest BCUT2D eigenvalue weighted by molar-refractivity contribution is -0.431. The van der Waals surface area contributed by atoms with Crippen molar-refractivity contribution in [3.8, 4) is 0 Å². The first kappa shape index (κ1) is 17.2. The van der Waals surface area contributed by atoms with E-state index in [9.17, 15) is 10.1 Å². The van der Waals surface area contributed by atoms with Crippen LogP contribution in [0.5, 0.6) is 0 Å². The number of rotatable bonds is 8. The Morgan fingerprint density at radius 2 is 2.22 bits per heavy atom. The van der Waals surface area contributed by atoms with E-state index in [1.807, 2.05) is 36.4 Å². The summed E-state index contributed by atoms with van der Waals surface area (Å²) < 4.78 is 5.32. The molecule has 2 rings (SSSR count). The molecule has 124 valence electrons. The second kappa shape index (κ2) is 8.48. The standard InChI is InChI=1S/C18H24N2O3/c1-3-8-15-11-7-12-17(20(21)22)18(15)19-16(13-23-2)14-9-5-4-6-10-14/h3-6,9-10,15-16,19H,1,7-8,11-13H2,2H3/t15-,16+/m0/s1. The highest BCUT2D eigenvalue weighted by molar-refractivity contribution is 5.23. The summed E-state index contributed by atoms with van der Waals surface area (Å²) in [7, 11) is 1.64. The number of nitrogens with zero attached hydrogens (tertiary/aromatic N) is 1. The smallest absolute Gasteiger partial charge is 0.265 e. The maximum atomic E-state index is 11.4. The highest BCUT2D eigenvalue weighted by Crippen LogP contribution is 2.33. The van der Waals surface area contributed by atoms with Crippen LogP contribution in [-0.4, -0.2) is 18.6 Å². The Morgan fingerprint density at radius 3 is 2.83 bits per heavy atom. The van der Waals surface area contributed by atoms with E-state index in [1.54, 1.807) is 7.11 Å². The number of hydrogen-bond acceptors (Lipinski definition) is 4. The highest BCUT2D eigenvalue weighted by atomic mass is 16.6. The fourth-order valence-corrected chi connectivity index (χ4v) is 3.12. The van der Waals surface area contributed by atoms with Crippen molar-refractivity contribution in [2.75, 3.05) is 13.7 Å². The first-order valence-electron chi connectivity index (χ1n) is 7.96. The average molecular weight is 316 g/mol. The molecule has 1 aromatic rings. The molecule has 1 N–H and O–H groups in total. The van der Waals surface area contributed by atoms with Gasteiger partial charge < -0.3 is 10.1 Å². The van der Waals surface area contributed by atoms with E-state index in [0.29, 0.717) is 18.7 Å². The molecular weight excluding hydrogens is 292 g/mol. The van der Waals surface area contributed by atoms with Gasteiger partial charge in [-0.3, -0.25) is 10.1 Å². The Balaban J connectivity index is 2.32. The fourth-order valence-electron chi connectivity index (χ4n) is 3.12. The van der Waals surface area contributed by atoms with Crippen molar-refractivity contribution < 1.29 is 9.66 Å². The first-order chi connectivity index (χ1) is 11.2.